The van der Waals surface area contributed by atoms with Crippen molar-refractivity contribution in [2.75, 3.05) is 0 Å². The first kappa shape index (κ1) is 12.1. The molecule has 0 bridgehead atoms. The van der Waals surface area contributed by atoms with Crippen molar-refractivity contribution >= 4 is 11.6 Å². The van der Waals surface area contributed by atoms with Gasteiger partial charge in [0.2, 0.25) is 0 Å². The Labute approximate surface area is 104 Å². The molecule has 0 spiro atoms. The van der Waals surface area contributed by atoms with Crippen LogP contribution in [-0.2, 0) is 6.61 Å². The Hall–Kier alpha value is -1.38. The van der Waals surface area contributed by atoms with Crippen molar-refractivity contribution in [3.63, 3.8) is 0 Å². The normalized spacial score (nSPS) is 10.6. The lowest BCUT2D eigenvalue weighted by atomic mass is 10.0. The lowest BCUT2D eigenvalue weighted by Crippen LogP contribution is -1.89. The molecule has 1 nitrogen and oxygen atoms in total. The van der Waals surface area contributed by atoms with E-state index in [-0.39, 0.29) is 12.4 Å². The number of rotatable bonds is 2. The van der Waals surface area contributed by atoms with Gasteiger partial charge < -0.3 is 5.11 Å². The molecule has 0 saturated carbocycles. The highest BCUT2D eigenvalue weighted by molar-refractivity contribution is 6.33. The zero-order chi connectivity index (χ0) is 12.4. The number of aryl methyl sites for hydroxylation is 1. The topological polar surface area (TPSA) is 20.2 Å². The summed E-state index contributed by atoms with van der Waals surface area (Å²) in [6, 6.07) is 9.88. The van der Waals surface area contributed by atoms with Crippen LogP contribution >= 0.6 is 11.6 Å². The van der Waals surface area contributed by atoms with E-state index in [2.05, 4.69) is 0 Å². The van der Waals surface area contributed by atoms with Crippen molar-refractivity contribution in [3.8, 4) is 11.1 Å². The van der Waals surface area contributed by atoms with E-state index in [0.29, 0.717) is 10.6 Å². The second kappa shape index (κ2) is 4.86. The van der Waals surface area contributed by atoms with Gasteiger partial charge >= 0.3 is 0 Å². The highest BCUT2D eigenvalue weighted by Crippen LogP contribution is 2.30. The molecule has 0 fully saturated rings. The third-order valence-corrected chi connectivity index (χ3v) is 2.89. The van der Waals surface area contributed by atoms with Crippen LogP contribution in [0.3, 0.4) is 0 Å². The summed E-state index contributed by atoms with van der Waals surface area (Å²) in [5, 5.41) is 9.65. The fraction of sp³-hybridized carbons (Fsp3) is 0.143. The molecule has 1 N–H and O–H groups in total. The molecule has 0 aromatic heterocycles. The van der Waals surface area contributed by atoms with Crippen molar-refractivity contribution in [2.24, 2.45) is 0 Å². The van der Waals surface area contributed by atoms with E-state index in [4.69, 9.17) is 16.7 Å². The van der Waals surface area contributed by atoms with E-state index < -0.39 is 0 Å². The molecule has 0 aliphatic heterocycles. The quantitative estimate of drug-likeness (QED) is 0.856. The van der Waals surface area contributed by atoms with Crippen LogP contribution in [0.15, 0.2) is 36.4 Å². The zero-order valence-corrected chi connectivity index (χ0v) is 10.1. The maximum Gasteiger partial charge on any atom is 0.123 e. The summed E-state index contributed by atoms with van der Waals surface area (Å²) in [5.74, 6) is -0.323. The van der Waals surface area contributed by atoms with E-state index >= 15 is 0 Å². The molecule has 0 amide bonds. The monoisotopic (exact) mass is 250 g/mol. The summed E-state index contributed by atoms with van der Waals surface area (Å²) < 4.78 is 13.2. The minimum atomic E-state index is -0.323. The lowest BCUT2D eigenvalue weighted by molar-refractivity contribution is 0.282. The molecule has 0 unspecified atom stereocenters. The van der Waals surface area contributed by atoms with Gasteiger partial charge in [0.15, 0.2) is 0 Å². The standard InChI is InChI=1S/C14H12ClFO/c1-9-4-10(8-17)6-11(5-9)13-7-12(16)2-3-14(13)15/h2-7,17H,8H2,1H3. The molecule has 0 saturated heterocycles. The Morgan fingerprint density at radius 1 is 1.18 bits per heavy atom. The van der Waals surface area contributed by atoms with Gasteiger partial charge in [0, 0.05) is 10.6 Å². The van der Waals surface area contributed by atoms with Crippen LogP contribution in [0.4, 0.5) is 4.39 Å². The molecule has 2 aromatic carbocycles. The number of hydrogen-bond donors (Lipinski definition) is 1. The van der Waals surface area contributed by atoms with Gasteiger partial charge in [-0.2, -0.15) is 0 Å². The second-order valence-corrected chi connectivity index (χ2v) is 4.40. The van der Waals surface area contributed by atoms with Gasteiger partial charge in [-0.25, -0.2) is 4.39 Å². The average molecular weight is 251 g/mol. The van der Waals surface area contributed by atoms with Crippen molar-refractivity contribution < 1.29 is 9.50 Å². The Morgan fingerprint density at radius 3 is 2.65 bits per heavy atom. The zero-order valence-electron chi connectivity index (χ0n) is 9.37. The largest absolute Gasteiger partial charge is 0.392 e. The van der Waals surface area contributed by atoms with Crippen LogP contribution in [0, 0.1) is 12.7 Å². The number of aliphatic hydroxyl groups is 1. The third kappa shape index (κ3) is 2.65. The molecule has 0 aliphatic carbocycles. The number of benzene rings is 2. The van der Waals surface area contributed by atoms with Crippen LogP contribution in [0.5, 0.6) is 0 Å². The Morgan fingerprint density at radius 2 is 1.94 bits per heavy atom. The van der Waals surface area contributed by atoms with E-state index in [1.165, 1.54) is 18.2 Å². The molecule has 0 radical (unpaired) electrons. The number of hydrogen-bond acceptors (Lipinski definition) is 1. The van der Waals surface area contributed by atoms with Crippen LogP contribution < -0.4 is 0 Å². The first-order valence-corrected chi connectivity index (χ1v) is 5.65. The predicted molar refractivity (Wildman–Crippen MR) is 67.5 cm³/mol. The van der Waals surface area contributed by atoms with Gasteiger partial charge in [0.1, 0.15) is 5.82 Å². The van der Waals surface area contributed by atoms with Gasteiger partial charge in [0.25, 0.3) is 0 Å². The Balaban J connectivity index is 2.59. The Bertz CT molecular complexity index is 552. The summed E-state index contributed by atoms with van der Waals surface area (Å²) in [4.78, 5) is 0. The summed E-state index contributed by atoms with van der Waals surface area (Å²) in [5.41, 5.74) is 3.26. The van der Waals surface area contributed by atoms with Crippen LogP contribution in [0.25, 0.3) is 11.1 Å². The van der Waals surface area contributed by atoms with Crippen LogP contribution in [-0.4, -0.2) is 5.11 Å². The molecule has 0 aliphatic rings. The minimum Gasteiger partial charge on any atom is -0.392 e. The highest BCUT2D eigenvalue weighted by Gasteiger charge is 2.06. The Kier molecular flexibility index (Phi) is 3.46. The van der Waals surface area contributed by atoms with Gasteiger partial charge in [-0.1, -0.05) is 29.3 Å². The maximum absolute atomic E-state index is 13.2. The summed E-state index contributed by atoms with van der Waals surface area (Å²) in [6.07, 6.45) is 0. The lowest BCUT2D eigenvalue weighted by Gasteiger charge is -2.08. The van der Waals surface area contributed by atoms with Crippen LogP contribution in [0.2, 0.25) is 5.02 Å². The van der Waals surface area contributed by atoms with E-state index in [1.807, 2.05) is 25.1 Å². The fourth-order valence-corrected chi connectivity index (χ4v) is 2.05. The predicted octanol–water partition coefficient (Wildman–Crippen LogP) is 3.95. The molecule has 2 rings (SSSR count). The smallest absolute Gasteiger partial charge is 0.123 e. The van der Waals surface area contributed by atoms with Crippen molar-refractivity contribution in [3.05, 3.63) is 58.4 Å². The SMILES string of the molecule is Cc1cc(CO)cc(-c2cc(F)ccc2Cl)c1. The molecule has 17 heavy (non-hydrogen) atoms. The van der Waals surface area contributed by atoms with Crippen LogP contribution in [0.1, 0.15) is 11.1 Å². The third-order valence-electron chi connectivity index (χ3n) is 2.56. The number of halogens is 2. The molecule has 3 heteroatoms. The molecule has 0 heterocycles. The fourth-order valence-electron chi connectivity index (χ4n) is 1.83. The number of aliphatic hydroxyl groups excluding tert-OH is 1. The van der Waals surface area contributed by atoms with Gasteiger partial charge in [-0.05, 0) is 42.3 Å². The van der Waals surface area contributed by atoms with Crippen molar-refractivity contribution in [2.45, 2.75) is 13.5 Å². The maximum atomic E-state index is 13.2. The van der Waals surface area contributed by atoms with Crippen molar-refractivity contribution in [1.29, 1.82) is 0 Å². The first-order valence-electron chi connectivity index (χ1n) is 5.27. The molecule has 2 aromatic rings. The van der Waals surface area contributed by atoms with Gasteiger partial charge in [-0.3, -0.25) is 0 Å². The molecule has 0 atom stereocenters. The van der Waals surface area contributed by atoms with E-state index in [0.717, 1.165) is 16.7 Å². The minimum absolute atomic E-state index is 0.0401. The molecular weight excluding hydrogens is 239 g/mol. The average Bonchev–Trinajstić information content (AvgIpc) is 2.31. The highest BCUT2D eigenvalue weighted by atomic mass is 35.5. The van der Waals surface area contributed by atoms with Gasteiger partial charge in [0.05, 0.1) is 6.61 Å². The van der Waals surface area contributed by atoms with E-state index in [9.17, 15) is 4.39 Å². The summed E-state index contributed by atoms with van der Waals surface area (Å²) >= 11 is 6.05. The first-order chi connectivity index (χ1) is 8.10. The van der Waals surface area contributed by atoms with E-state index in [1.54, 1.807) is 0 Å². The molecule has 88 valence electrons. The summed E-state index contributed by atoms with van der Waals surface area (Å²) in [6.45, 7) is 1.89. The summed E-state index contributed by atoms with van der Waals surface area (Å²) in [7, 11) is 0. The molecular formula is C14H12ClFO. The second-order valence-electron chi connectivity index (χ2n) is 3.99. The van der Waals surface area contributed by atoms with Crippen molar-refractivity contribution in [1.82, 2.24) is 0 Å². The van der Waals surface area contributed by atoms with Gasteiger partial charge in [-0.15, -0.1) is 0 Å².